The third-order valence-electron chi connectivity index (χ3n) is 2.83. The normalized spacial score (nSPS) is 13.4. The van der Waals surface area contributed by atoms with Crippen molar-refractivity contribution in [1.29, 1.82) is 0 Å². The average Bonchev–Trinajstić information content (AvgIpc) is 2.98. The van der Waals surface area contributed by atoms with Gasteiger partial charge in [0.15, 0.2) is 6.79 Å². The Kier molecular flexibility index (Phi) is 3.66. The standard InChI is InChI=1S/C14H11FO4S/c15-11-4-9-6-17-8-19-13(9)10(5-11)7-18-14(16)12-2-1-3-20-12/h1-5H,6-8H2. The lowest BCUT2D eigenvalue weighted by Crippen LogP contribution is -2.14. The van der Waals surface area contributed by atoms with Crippen molar-refractivity contribution in [2.24, 2.45) is 0 Å². The lowest BCUT2D eigenvalue weighted by molar-refractivity contribution is -0.0182. The van der Waals surface area contributed by atoms with E-state index in [4.69, 9.17) is 14.2 Å². The number of benzene rings is 1. The zero-order valence-electron chi connectivity index (χ0n) is 10.4. The summed E-state index contributed by atoms with van der Waals surface area (Å²) in [6.07, 6.45) is 0. The fraction of sp³-hybridized carbons (Fsp3) is 0.214. The van der Waals surface area contributed by atoms with E-state index >= 15 is 0 Å². The highest BCUT2D eigenvalue weighted by Crippen LogP contribution is 2.30. The van der Waals surface area contributed by atoms with Gasteiger partial charge in [0, 0.05) is 11.1 Å². The maximum atomic E-state index is 13.5. The van der Waals surface area contributed by atoms with Crippen molar-refractivity contribution in [2.75, 3.05) is 6.79 Å². The molecule has 20 heavy (non-hydrogen) atoms. The summed E-state index contributed by atoms with van der Waals surface area (Å²) < 4.78 is 29.1. The van der Waals surface area contributed by atoms with Crippen LogP contribution in [-0.2, 0) is 22.7 Å². The quantitative estimate of drug-likeness (QED) is 0.816. The number of ether oxygens (including phenoxy) is 3. The zero-order valence-corrected chi connectivity index (χ0v) is 11.2. The first-order valence-electron chi connectivity index (χ1n) is 5.96. The molecule has 1 aromatic heterocycles. The summed E-state index contributed by atoms with van der Waals surface area (Å²) in [5.41, 5.74) is 1.13. The Morgan fingerprint density at radius 2 is 2.35 bits per heavy atom. The van der Waals surface area contributed by atoms with Crippen LogP contribution in [0, 0.1) is 5.82 Å². The largest absolute Gasteiger partial charge is 0.467 e. The van der Waals surface area contributed by atoms with Crippen LogP contribution in [0.2, 0.25) is 0 Å². The number of esters is 1. The summed E-state index contributed by atoms with van der Waals surface area (Å²) in [7, 11) is 0. The van der Waals surface area contributed by atoms with Crippen LogP contribution in [0.1, 0.15) is 20.8 Å². The van der Waals surface area contributed by atoms with Crippen LogP contribution >= 0.6 is 11.3 Å². The zero-order chi connectivity index (χ0) is 13.9. The second-order valence-corrected chi connectivity index (χ2v) is 5.16. The number of carbonyl (C=O) groups is 1. The molecule has 0 saturated carbocycles. The third-order valence-corrected chi connectivity index (χ3v) is 3.68. The van der Waals surface area contributed by atoms with Gasteiger partial charge < -0.3 is 14.2 Å². The smallest absolute Gasteiger partial charge is 0.348 e. The molecule has 6 heteroatoms. The van der Waals surface area contributed by atoms with E-state index < -0.39 is 11.8 Å². The Bertz CT molecular complexity index is 624. The van der Waals surface area contributed by atoms with Gasteiger partial charge in [-0.05, 0) is 23.6 Å². The second kappa shape index (κ2) is 5.60. The molecular formula is C14H11FO4S. The maximum absolute atomic E-state index is 13.5. The lowest BCUT2D eigenvalue weighted by Gasteiger charge is -2.20. The highest BCUT2D eigenvalue weighted by Gasteiger charge is 2.18. The van der Waals surface area contributed by atoms with Crippen LogP contribution in [0.4, 0.5) is 4.39 Å². The van der Waals surface area contributed by atoms with Crippen molar-refractivity contribution in [3.05, 3.63) is 51.5 Å². The Hall–Kier alpha value is -1.92. The molecular weight excluding hydrogens is 283 g/mol. The van der Waals surface area contributed by atoms with Crippen molar-refractivity contribution in [3.63, 3.8) is 0 Å². The van der Waals surface area contributed by atoms with Crippen LogP contribution in [-0.4, -0.2) is 12.8 Å². The second-order valence-electron chi connectivity index (χ2n) is 4.22. The van der Waals surface area contributed by atoms with Crippen molar-refractivity contribution in [2.45, 2.75) is 13.2 Å². The fourth-order valence-corrected chi connectivity index (χ4v) is 2.59. The van der Waals surface area contributed by atoms with Gasteiger partial charge in [-0.25, -0.2) is 9.18 Å². The summed E-state index contributed by atoms with van der Waals surface area (Å²) in [5.74, 6) is -0.290. The van der Waals surface area contributed by atoms with Gasteiger partial charge >= 0.3 is 5.97 Å². The van der Waals surface area contributed by atoms with Gasteiger partial charge in [0.1, 0.15) is 23.1 Å². The van der Waals surface area contributed by atoms with Crippen LogP contribution < -0.4 is 4.74 Å². The van der Waals surface area contributed by atoms with E-state index in [0.717, 1.165) is 0 Å². The van der Waals surface area contributed by atoms with Crippen LogP contribution in [0.25, 0.3) is 0 Å². The van der Waals surface area contributed by atoms with Gasteiger partial charge in [0.05, 0.1) is 6.61 Å². The molecule has 0 fully saturated rings. The van der Waals surface area contributed by atoms with Gasteiger partial charge in [0.2, 0.25) is 0 Å². The highest BCUT2D eigenvalue weighted by molar-refractivity contribution is 7.11. The van der Waals surface area contributed by atoms with Gasteiger partial charge in [-0.1, -0.05) is 6.07 Å². The monoisotopic (exact) mass is 294 g/mol. The Balaban J connectivity index is 1.77. The molecule has 1 aliphatic rings. The first-order chi connectivity index (χ1) is 9.74. The molecule has 0 radical (unpaired) electrons. The van der Waals surface area contributed by atoms with E-state index in [9.17, 15) is 9.18 Å². The molecule has 2 heterocycles. The number of fused-ring (bicyclic) bond motifs is 1. The van der Waals surface area contributed by atoms with E-state index in [2.05, 4.69) is 0 Å². The number of hydrogen-bond donors (Lipinski definition) is 0. The van der Waals surface area contributed by atoms with E-state index in [-0.39, 0.29) is 13.4 Å². The minimum absolute atomic E-state index is 0.0309. The average molecular weight is 294 g/mol. The molecule has 0 aliphatic carbocycles. The summed E-state index contributed by atoms with van der Waals surface area (Å²) in [6, 6.07) is 6.12. The Labute approximate surface area is 118 Å². The maximum Gasteiger partial charge on any atom is 0.348 e. The summed E-state index contributed by atoms with van der Waals surface area (Å²) in [6.45, 7) is 0.375. The van der Waals surface area contributed by atoms with Crippen molar-refractivity contribution >= 4 is 17.3 Å². The molecule has 0 spiro atoms. The third kappa shape index (κ3) is 2.66. The highest BCUT2D eigenvalue weighted by atomic mass is 32.1. The molecule has 4 nitrogen and oxygen atoms in total. The molecule has 0 unspecified atom stereocenters. The molecule has 0 amide bonds. The summed E-state index contributed by atoms with van der Waals surface area (Å²) in [5, 5.41) is 1.79. The van der Waals surface area contributed by atoms with Crippen LogP contribution in [0.3, 0.4) is 0 Å². The molecule has 3 rings (SSSR count). The minimum Gasteiger partial charge on any atom is -0.467 e. The van der Waals surface area contributed by atoms with E-state index in [1.807, 2.05) is 0 Å². The van der Waals surface area contributed by atoms with Crippen LogP contribution in [0.15, 0.2) is 29.6 Å². The first-order valence-corrected chi connectivity index (χ1v) is 6.84. The molecule has 1 aliphatic heterocycles. The number of carbonyl (C=O) groups excluding carboxylic acids is 1. The fourth-order valence-electron chi connectivity index (χ4n) is 1.97. The Morgan fingerprint density at radius 1 is 1.45 bits per heavy atom. The van der Waals surface area contributed by atoms with E-state index in [1.54, 1.807) is 17.5 Å². The number of rotatable bonds is 3. The predicted molar refractivity (Wildman–Crippen MR) is 70.1 cm³/mol. The van der Waals surface area contributed by atoms with Crippen LogP contribution in [0.5, 0.6) is 5.75 Å². The number of hydrogen-bond acceptors (Lipinski definition) is 5. The Morgan fingerprint density at radius 3 is 3.15 bits per heavy atom. The molecule has 104 valence electrons. The topological polar surface area (TPSA) is 44.8 Å². The molecule has 1 aromatic carbocycles. The van der Waals surface area contributed by atoms with Gasteiger partial charge in [-0.3, -0.25) is 0 Å². The van der Waals surface area contributed by atoms with Gasteiger partial charge in [-0.15, -0.1) is 11.3 Å². The van der Waals surface area contributed by atoms with E-state index in [1.165, 1.54) is 23.5 Å². The number of thiophene rings is 1. The SMILES string of the molecule is O=C(OCc1cc(F)cc2c1OCOC2)c1cccs1. The predicted octanol–water partition coefficient (Wildman–Crippen LogP) is 3.11. The van der Waals surface area contributed by atoms with E-state index in [0.29, 0.717) is 28.4 Å². The molecule has 0 saturated heterocycles. The van der Waals surface area contributed by atoms with Crippen molar-refractivity contribution in [3.8, 4) is 5.75 Å². The van der Waals surface area contributed by atoms with Crippen molar-refractivity contribution in [1.82, 2.24) is 0 Å². The van der Waals surface area contributed by atoms with Gasteiger partial charge in [-0.2, -0.15) is 0 Å². The summed E-state index contributed by atoms with van der Waals surface area (Å²) in [4.78, 5) is 12.3. The molecule has 0 atom stereocenters. The summed E-state index contributed by atoms with van der Waals surface area (Å²) >= 11 is 1.30. The lowest BCUT2D eigenvalue weighted by atomic mass is 10.1. The molecule has 0 bridgehead atoms. The first kappa shape index (κ1) is 13.1. The van der Waals surface area contributed by atoms with Gasteiger partial charge in [0.25, 0.3) is 0 Å². The molecule has 2 aromatic rings. The van der Waals surface area contributed by atoms with Crippen molar-refractivity contribution < 1.29 is 23.4 Å². The molecule has 0 N–H and O–H groups in total. The number of halogens is 1. The minimum atomic E-state index is -0.426.